The van der Waals surface area contributed by atoms with Crippen molar-refractivity contribution >= 4 is 10.1 Å². The van der Waals surface area contributed by atoms with Crippen LogP contribution in [0.15, 0.2) is 30.3 Å². The first-order chi connectivity index (χ1) is 12.1. The molecule has 0 fully saturated rings. The van der Waals surface area contributed by atoms with Gasteiger partial charge in [-0.05, 0) is 25.0 Å². The van der Waals surface area contributed by atoms with E-state index in [-0.39, 0.29) is 5.25 Å². The average Bonchev–Trinajstić information content (AvgIpc) is 2.60. The lowest BCUT2D eigenvalue weighted by molar-refractivity contribution is 0.449. The molecule has 1 aromatic rings. The molecule has 0 N–H and O–H groups in total. The van der Waals surface area contributed by atoms with Crippen molar-refractivity contribution in [2.75, 3.05) is 0 Å². The summed E-state index contributed by atoms with van der Waals surface area (Å²) in [5.74, 6) is 0.417. The quantitative estimate of drug-likeness (QED) is 0.263. The predicted molar refractivity (Wildman–Crippen MR) is 107 cm³/mol. The van der Waals surface area contributed by atoms with Crippen molar-refractivity contribution in [2.24, 2.45) is 0 Å². The first-order valence-corrected chi connectivity index (χ1v) is 11.6. The molecule has 0 bridgehead atoms. The van der Waals surface area contributed by atoms with Gasteiger partial charge in [-0.3, -0.25) is 0 Å². The molecular formula is C21H36O3S. The highest BCUT2D eigenvalue weighted by Crippen LogP contribution is 2.22. The number of para-hydroxylation sites is 1. The maximum atomic E-state index is 12.6. The first-order valence-electron chi connectivity index (χ1n) is 10.1. The van der Waals surface area contributed by atoms with Gasteiger partial charge in [-0.1, -0.05) is 96.3 Å². The molecule has 3 nitrogen and oxygen atoms in total. The Balaban J connectivity index is 2.41. The summed E-state index contributed by atoms with van der Waals surface area (Å²) in [6.07, 6.45) is 13.2. The summed E-state index contributed by atoms with van der Waals surface area (Å²) in [6.45, 7) is 4.33. The van der Waals surface area contributed by atoms with Crippen molar-refractivity contribution in [3.8, 4) is 5.75 Å². The van der Waals surface area contributed by atoms with Crippen LogP contribution in [0.4, 0.5) is 0 Å². The normalized spacial score (nSPS) is 12.9. The molecule has 1 aromatic carbocycles. The molecule has 25 heavy (non-hydrogen) atoms. The van der Waals surface area contributed by atoms with E-state index in [4.69, 9.17) is 4.18 Å². The summed E-state index contributed by atoms with van der Waals surface area (Å²) in [5.41, 5.74) is 0. The van der Waals surface area contributed by atoms with Crippen molar-refractivity contribution in [1.82, 2.24) is 0 Å². The average molecular weight is 369 g/mol. The van der Waals surface area contributed by atoms with E-state index >= 15 is 0 Å². The fourth-order valence-corrected chi connectivity index (χ4v) is 4.48. The van der Waals surface area contributed by atoms with Crippen LogP contribution in [0, 0.1) is 0 Å². The number of unbranched alkanes of at least 4 members (excludes halogenated alkanes) is 8. The van der Waals surface area contributed by atoms with E-state index in [1.54, 1.807) is 24.3 Å². The van der Waals surface area contributed by atoms with Gasteiger partial charge in [0, 0.05) is 0 Å². The zero-order valence-electron chi connectivity index (χ0n) is 16.1. The van der Waals surface area contributed by atoms with Gasteiger partial charge in [0.15, 0.2) is 0 Å². The Morgan fingerprint density at radius 3 is 1.88 bits per heavy atom. The van der Waals surface area contributed by atoms with Gasteiger partial charge in [-0.15, -0.1) is 0 Å². The van der Waals surface area contributed by atoms with E-state index in [9.17, 15) is 8.42 Å². The molecule has 144 valence electrons. The van der Waals surface area contributed by atoms with Crippen molar-refractivity contribution in [1.29, 1.82) is 0 Å². The summed E-state index contributed by atoms with van der Waals surface area (Å²) in [4.78, 5) is 0. The van der Waals surface area contributed by atoms with E-state index in [1.165, 1.54) is 38.5 Å². The van der Waals surface area contributed by atoms with Crippen LogP contribution in [0.2, 0.25) is 0 Å². The van der Waals surface area contributed by atoms with Gasteiger partial charge in [-0.2, -0.15) is 8.42 Å². The van der Waals surface area contributed by atoms with Gasteiger partial charge in [0.05, 0.1) is 5.25 Å². The predicted octanol–water partition coefficient (Wildman–Crippen LogP) is 6.48. The molecule has 0 spiro atoms. The van der Waals surface area contributed by atoms with Crippen LogP contribution in [0.3, 0.4) is 0 Å². The van der Waals surface area contributed by atoms with Gasteiger partial charge in [0.1, 0.15) is 5.75 Å². The second-order valence-electron chi connectivity index (χ2n) is 6.92. The van der Waals surface area contributed by atoms with Gasteiger partial charge in [-0.25, -0.2) is 0 Å². The molecule has 0 aromatic heterocycles. The van der Waals surface area contributed by atoms with Crippen molar-refractivity contribution < 1.29 is 12.6 Å². The number of rotatable bonds is 15. The molecule has 1 rings (SSSR count). The Kier molecular flexibility index (Phi) is 11.6. The molecule has 0 amide bonds. The van der Waals surface area contributed by atoms with E-state index in [0.717, 1.165) is 25.7 Å². The van der Waals surface area contributed by atoms with Gasteiger partial charge < -0.3 is 4.18 Å². The van der Waals surface area contributed by atoms with Crippen LogP contribution in [-0.4, -0.2) is 13.7 Å². The third-order valence-corrected chi connectivity index (χ3v) is 6.34. The highest BCUT2D eigenvalue weighted by molar-refractivity contribution is 7.87. The lowest BCUT2D eigenvalue weighted by atomic mass is 10.0. The zero-order chi connectivity index (χ0) is 18.4. The molecule has 0 aliphatic rings. The third kappa shape index (κ3) is 9.88. The van der Waals surface area contributed by atoms with Gasteiger partial charge in [0.2, 0.25) is 0 Å². The Labute approximate surface area is 155 Å². The molecule has 0 aliphatic heterocycles. The van der Waals surface area contributed by atoms with Crippen LogP contribution in [0.25, 0.3) is 0 Å². The topological polar surface area (TPSA) is 43.4 Å². The third-order valence-electron chi connectivity index (χ3n) is 4.62. The number of benzene rings is 1. The van der Waals surface area contributed by atoms with Crippen molar-refractivity contribution in [3.63, 3.8) is 0 Å². The molecule has 0 radical (unpaired) electrons. The Hall–Kier alpha value is -1.03. The summed E-state index contributed by atoms with van der Waals surface area (Å²) in [7, 11) is -3.55. The number of hydrogen-bond donors (Lipinski definition) is 0. The molecule has 0 aliphatic carbocycles. The first kappa shape index (κ1) is 22.0. The van der Waals surface area contributed by atoms with Crippen LogP contribution in [0.1, 0.15) is 90.9 Å². The lowest BCUT2D eigenvalue weighted by Crippen LogP contribution is -2.26. The van der Waals surface area contributed by atoms with Crippen LogP contribution >= 0.6 is 0 Å². The van der Waals surface area contributed by atoms with E-state index in [2.05, 4.69) is 13.8 Å². The minimum absolute atomic E-state index is 0.382. The van der Waals surface area contributed by atoms with Crippen LogP contribution in [0.5, 0.6) is 5.75 Å². The maximum absolute atomic E-state index is 12.6. The van der Waals surface area contributed by atoms with E-state index in [1.807, 2.05) is 6.07 Å². The molecule has 4 heteroatoms. The summed E-state index contributed by atoms with van der Waals surface area (Å²) < 4.78 is 30.6. The number of hydrogen-bond acceptors (Lipinski definition) is 3. The smallest absolute Gasteiger partial charge is 0.312 e. The van der Waals surface area contributed by atoms with Crippen molar-refractivity contribution in [2.45, 2.75) is 96.1 Å². The monoisotopic (exact) mass is 368 g/mol. The van der Waals surface area contributed by atoms with Gasteiger partial charge in [0.25, 0.3) is 0 Å². The van der Waals surface area contributed by atoms with Crippen LogP contribution in [-0.2, 0) is 10.1 Å². The highest BCUT2D eigenvalue weighted by Gasteiger charge is 2.26. The zero-order valence-corrected chi connectivity index (χ0v) is 16.9. The molecule has 0 heterocycles. The van der Waals surface area contributed by atoms with E-state index < -0.39 is 10.1 Å². The molecule has 0 saturated carbocycles. The standard InChI is InChI=1S/C21H36O3S/c1-3-5-7-8-9-10-11-15-19-21(18-6-4-2)25(22,23)24-20-16-13-12-14-17-20/h12-14,16-17,21H,3-11,15,18-19H2,1-2H3. The second kappa shape index (κ2) is 13.2. The molecule has 1 atom stereocenters. The Morgan fingerprint density at radius 1 is 0.760 bits per heavy atom. The SMILES string of the molecule is CCCCCCCCCCC(CCCC)S(=O)(=O)Oc1ccccc1. The summed E-state index contributed by atoms with van der Waals surface area (Å²) in [6, 6.07) is 8.85. The summed E-state index contributed by atoms with van der Waals surface area (Å²) in [5, 5.41) is -0.382. The molecule has 1 unspecified atom stereocenters. The molecular weight excluding hydrogens is 332 g/mol. The maximum Gasteiger partial charge on any atom is 0.312 e. The van der Waals surface area contributed by atoms with Gasteiger partial charge >= 0.3 is 10.1 Å². The molecule has 0 saturated heterocycles. The minimum Gasteiger partial charge on any atom is -0.382 e. The lowest BCUT2D eigenvalue weighted by Gasteiger charge is -2.17. The largest absolute Gasteiger partial charge is 0.382 e. The Morgan fingerprint density at radius 2 is 1.28 bits per heavy atom. The second-order valence-corrected chi connectivity index (χ2v) is 8.74. The minimum atomic E-state index is -3.55. The van der Waals surface area contributed by atoms with E-state index in [0.29, 0.717) is 18.6 Å². The fraction of sp³-hybridized carbons (Fsp3) is 0.714. The highest BCUT2D eigenvalue weighted by atomic mass is 32.2. The van der Waals surface area contributed by atoms with Crippen molar-refractivity contribution in [3.05, 3.63) is 30.3 Å². The fourth-order valence-electron chi connectivity index (χ4n) is 3.05. The Bertz CT molecular complexity index is 525. The van der Waals surface area contributed by atoms with Crippen LogP contribution < -0.4 is 4.18 Å². The summed E-state index contributed by atoms with van der Waals surface area (Å²) >= 11 is 0.